The lowest BCUT2D eigenvalue weighted by atomic mass is 9.86. The van der Waals surface area contributed by atoms with E-state index in [1.807, 2.05) is 0 Å². The van der Waals surface area contributed by atoms with Crippen molar-refractivity contribution in [2.24, 2.45) is 5.92 Å². The first-order valence-corrected chi connectivity index (χ1v) is 5.90. The molecule has 7 nitrogen and oxygen atoms in total. The summed E-state index contributed by atoms with van der Waals surface area (Å²) >= 11 is 0. The summed E-state index contributed by atoms with van der Waals surface area (Å²) in [4.78, 5) is 26.5. The summed E-state index contributed by atoms with van der Waals surface area (Å²) in [6.45, 7) is 1.60. The highest BCUT2D eigenvalue weighted by Crippen LogP contribution is 2.24. The fourth-order valence-corrected chi connectivity index (χ4v) is 2.19. The van der Waals surface area contributed by atoms with E-state index >= 15 is 0 Å². The van der Waals surface area contributed by atoms with Crippen molar-refractivity contribution < 1.29 is 19.2 Å². The molecule has 2 N–H and O–H groups in total. The van der Waals surface area contributed by atoms with Crippen molar-refractivity contribution >= 4 is 11.9 Å². The number of hydrogen-bond donors (Lipinski definition) is 2. The highest BCUT2D eigenvalue weighted by Gasteiger charge is 2.28. The number of amides is 1. The third-order valence-electron chi connectivity index (χ3n) is 3.09. The number of nitrogens with one attached hydrogen (secondary N) is 1. The van der Waals surface area contributed by atoms with Gasteiger partial charge in [-0.1, -0.05) is 11.6 Å². The zero-order valence-electron chi connectivity index (χ0n) is 10.0. The van der Waals surface area contributed by atoms with Gasteiger partial charge < -0.3 is 14.9 Å². The van der Waals surface area contributed by atoms with Crippen molar-refractivity contribution in [1.82, 2.24) is 15.5 Å². The summed E-state index contributed by atoms with van der Waals surface area (Å²) in [5, 5.41) is 15.2. The number of nitrogens with zero attached hydrogens (tertiary/aromatic N) is 2. The normalized spacial score (nSPS) is 23.6. The number of aryl methyl sites for hydroxylation is 1. The summed E-state index contributed by atoms with van der Waals surface area (Å²) in [6.07, 6.45) is 2.71. The summed E-state index contributed by atoms with van der Waals surface area (Å²) < 4.78 is 4.72. The monoisotopic (exact) mass is 253 g/mol. The van der Waals surface area contributed by atoms with Crippen LogP contribution in [0.1, 0.15) is 42.2 Å². The van der Waals surface area contributed by atoms with E-state index in [0.29, 0.717) is 18.7 Å². The minimum atomic E-state index is -0.802. The highest BCUT2D eigenvalue weighted by atomic mass is 16.5. The number of rotatable bonds is 3. The quantitative estimate of drug-likeness (QED) is 0.823. The second kappa shape index (κ2) is 5.16. The SMILES string of the molecule is Cc1nc(C(=O)NC2CCCC(C(=O)O)C2)no1. The Hall–Kier alpha value is -1.92. The number of aromatic nitrogens is 2. The van der Waals surface area contributed by atoms with Gasteiger partial charge in [-0.15, -0.1) is 0 Å². The minimum absolute atomic E-state index is 0.00931. The predicted octanol–water partition coefficient (Wildman–Crippen LogP) is 0.751. The first-order chi connectivity index (χ1) is 8.56. The average Bonchev–Trinajstić information content (AvgIpc) is 2.76. The second-order valence-corrected chi connectivity index (χ2v) is 4.51. The Labute approximate surface area is 104 Å². The third kappa shape index (κ3) is 2.85. The van der Waals surface area contributed by atoms with Gasteiger partial charge in [-0.3, -0.25) is 9.59 Å². The second-order valence-electron chi connectivity index (χ2n) is 4.51. The smallest absolute Gasteiger partial charge is 0.306 e. The summed E-state index contributed by atoms with van der Waals surface area (Å²) in [5.41, 5.74) is 0. The standard InChI is InChI=1S/C11H15N3O4/c1-6-12-9(14-18-6)10(15)13-8-4-2-3-7(5-8)11(16)17/h7-8H,2-5H2,1H3,(H,13,15)(H,16,17). The van der Waals surface area contributed by atoms with E-state index in [9.17, 15) is 9.59 Å². The van der Waals surface area contributed by atoms with Crippen LogP contribution in [0, 0.1) is 12.8 Å². The van der Waals surface area contributed by atoms with Crippen LogP contribution in [0.5, 0.6) is 0 Å². The molecule has 1 aromatic rings. The molecule has 1 amide bonds. The van der Waals surface area contributed by atoms with Gasteiger partial charge in [0.1, 0.15) is 0 Å². The van der Waals surface area contributed by atoms with E-state index in [4.69, 9.17) is 9.63 Å². The van der Waals surface area contributed by atoms with Crippen molar-refractivity contribution in [3.8, 4) is 0 Å². The van der Waals surface area contributed by atoms with Crippen molar-refractivity contribution in [1.29, 1.82) is 0 Å². The van der Waals surface area contributed by atoms with E-state index in [1.54, 1.807) is 6.92 Å². The van der Waals surface area contributed by atoms with E-state index in [1.165, 1.54) is 0 Å². The Morgan fingerprint density at radius 1 is 1.44 bits per heavy atom. The average molecular weight is 253 g/mol. The number of carbonyl (C=O) groups excluding carboxylic acids is 1. The van der Waals surface area contributed by atoms with Crippen LogP contribution in [0.4, 0.5) is 0 Å². The maximum absolute atomic E-state index is 11.8. The Balaban J connectivity index is 1.93. The first kappa shape index (κ1) is 12.5. The van der Waals surface area contributed by atoms with E-state index in [-0.39, 0.29) is 17.8 Å². The third-order valence-corrected chi connectivity index (χ3v) is 3.09. The summed E-state index contributed by atoms with van der Waals surface area (Å²) in [5.74, 6) is -1.28. The van der Waals surface area contributed by atoms with E-state index in [0.717, 1.165) is 12.8 Å². The zero-order chi connectivity index (χ0) is 13.1. The molecule has 0 aliphatic heterocycles. The fraction of sp³-hybridized carbons (Fsp3) is 0.636. The molecule has 1 saturated carbocycles. The van der Waals surface area contributed by atoms with E-state index in [2.05, 4.69) is 15.5 Å². The fourth-order valence-electron chi connectivity index (χ4n) is 2.19. The van der Waals surface area contributed by atoms with Crippen LogP contribution in [0.2, 0.25) is 0 Å². The van der Waals surface area contributed by atoms with Gasteiger partial charge in [0, 0.05) is 13.0 Å². The number of carbonyl (C=O) groups is 2. The summed E-state index contributed by atoms with van der Waals surface area (Å²) in [7, 11) is 0. The zero-order valence-corrected chi connectivity index (χ0v) is 10.0. The Morgan fingerprint density at radius 2 is 2.22 bits per heavy atom. The molecule has 0 bridgehead atoms. The predicted molar refractivity (Wildman–Crippen MR) is 59.9 cm³/mol. The number of carboxylic acid groups (broad SMARTS) is 1. The van der Waals surface area contributed by atoms with Crippen LogP contribution in [0.3, 0.4) is 0 Å². The number of hydrogen-bond acceptors (Lipinski definition) is 5. The molecule has 2 atom stereocenters. The number of aliphatic carboxylic acids is 1. The molecule has 2 rings (SSSR count). The molecule has 0 radical (unpaired) electrons. The lowest BCUT2D eigenvalue weighted by Gasteiger charge is -2.26. The molecular formula is C11H15N3O4. The molecule has 0 aromatic carbocycles. The topological polar surface area (TPSA) is 105 Å². The Bertz CT molecular complexity index is 457. The largest absolute Gasteiger partial charge is 0.481 e. The van der Waals surface area contributed by atoms with Crippen LogP contribution in [-0.4, -0.2) is 33.2 Å². The Morgan fingerprint density at radius 3 is 2.83 bits per heavy atom. The van der Waals surface area contributed by atoms with Crippen molar-refractivity contribution in [3.63, 3.8) is 0 Å². The lowest BCUT2D eigenvalue weighted by Crippen LogP contribution is -2.40. The highest BCUT2D eigenvalue weighted by molar-refractivity contribution is 5.90. The van der Waals surface area contributed by atoms with E-state index < -0.39 is 11.9 Å². The lowest BCUT2D eigenvalue weighted by molar-refractivity contribution is -0.143. The van der Waals surface area contributed by atoms with Crippen molar-refractivity contribution in [2.45, 2.75) is 38.6 Å². The van der Waals surface area contributed by atoms with Crippen LogP contribution in [0.15, 0.2) is 4.52 Å². The van der Waals surface area contributed by atoms with Crippen LogP contribution in [-0.2, 0) is 4.79 Å². The van der Waals surface area contributed by atoms with Gasteiger partial charge >= 0.3 is 5.97 Å². The molecule has 2 unspecified atom stereocenters. The van der Waals surface area contributed by atoms with Crippen molar-refractivity contribution in [3.05, 3.63) is 11.7 Å². The molecule has 1 aliphatic carbocycles. The molecule has 0 spiro atoms. The van der Waals surface area contributed by atoms with Gasteiger partial charge in [0.2, 0.25) is 5.89 Å². The maximum atomic E-state index is 11.8. The van der Waals surface area contributed by atoms with Gasteiger partial charge in [-0.05, 0) is 19.3 Å². The molecule has 18 heavy (non-hydrogen) atoms. The molecular weight excluding hydrogens is 238 g/mol. The van der Waals surface area contributed by atoms with Gasteiger partial charge in [-0.2, -0.15) is 4.98 Å². The van der Waals surface area contributed by atoms with Crippen LogP contribution in [0.25, 0.3) is 0 Å². The van der Waals surface area contributed by atoms with Crippen molar-refractivity contribution in [2.75, 3.05) is 0 Å². The van der Waals surface area contributed by atoms with Crippen LogP contribution >= 0.6 is 0 Å². The van der Waals surface area contributed by atoms with Gasteiger partial charge in [-0.25, -0.2) is 0 Å². The molecule has 0 saturated heterocycles. The molecule has 1 heterocycles. The van der Waals surface area contributed by atoms with Gasteiger partial charge in [0.05, 0.1) is 5.92 Å². The molecule has 1 aromatic heterocycles. The minimum Gasteiger partial charge on any atom is -0.481 e. The van der Waals surface area contributed by atoms with Gasteiger partial charge in [0.15, 0.2) is 0 Å². The van der Waals surface area contributed by atoms with Crippen LogP contribution < -0.4 is 5.32 Å². The molecule has 1 aliphatic rings. The summed E-state index contributed by atoms with van der Waals surface area (Å²) in [6, 6.07) is -0.133. The maximum Gasteiger partial charge on any atom is 0.306 e. The molecule has 98 valence electrons. The Kier molecular flexibility index (Phi) is 3.59. The molecule has 7 heteroatoms. The number of carboxylic acids is 1. The van der Waals surface area contributed by atoms with Gasteiger partial charge in [0.25, 0.3) is 11.7 Å². The first-order valence-electron chi connectivity index (χ1n) is 5.90. The molecule has 1 fully saturated rings.